The van der Waals surface area contributed by atoms with Crippen LogP contribution in [0.15, 0.2) is 42.5 Å². The highest BCUT2D eigenvalue weighted by Crippen LogP contribution is 2.33. The molecule has 9 heteroatoms. The minimum absolute atomic E-state index is 0.00328. The number of amides is 2. The number of nitrogens with zero attached hydrogens (tertiary/aromatic N) is 1. The Balaban J connectivity index is 1.66. The molecule has 1 N–H and O–H groups in total. The van der Waals surface area contributed by atoms with E-state index in [4.69, 9.17) is 18.9 Å². The second-order valence-electron chi connectivity index (χ2n) is 8.17. The van der Waals surface area contributed by atoms with Crippen molar-refractivity contribution in [3.8, 4) is 17.2 Å². The molecule has 34 heavy (non-hydrogen) atoms. The SMILES string of the molecule is CNC(=O)C1CN(C(=O)COC(=O)c2ccc(OCCC(C)C)c(OC)c2)c2ccccc2O1. The van der Waals surface area contributed by atoms with E-state index in [9.17, 15) is 14.4 Å². The Labute approximate surface area is 198 Å². The quantitative estimate of drug-likeness (QED) is 0.562. The van der Waals surface area contributed by atoms with Gasteiger partial charge in [0.2, 0.25) is 0 Å². The van der Waals surface area contributed by atoms with E-state index in [0.29, 0.717) is 35.5 Å². The van der Waals surface area contributed by atoms with E-state index in [-0.39, 0.29) is 18.0 Å². The molecule has 0 aromatic heterocycles. The summed E-state index contributed by atoms with van der Waals surface area (Å²) in [7, 11) is 2.98. The van der Waals surface area contributed by atoms with Crippen molar-refractivity contribution in [3.05, 3.63) is 48.0 Å². The van der Waals surface area contributed by atoms with Crippen LogP contribution in [0, 0.1) is 5.92 Å². The molecule has 2 amide bonds. The average molecular weight is 471 g/mol. The van der Waals surface area contributed by atoms with Gasteiger partial charge in [-0.1, -0.05) is 26.0 Å². The number of rotatable bonds is 9. The van der Waals surface area contributed by atoms with Gasteiger partial charge in [0.1, 0.15) is 5.75 Å². The number of para-hydroxylation sites is 2. The predicted molar refractivity (Wildman–Crippen MR) is 126 cm³/mol. The first-order chi connectivity index (χ1) is 16.3. The molecule has 1 atom stereocenters. The zero-order valence-electron chi connectivity index (χ0n) is 19.8. The van der Waals surface area contributed by atoms with Crippen molar-refractivity contribution in [2.75, 3.05) is 38.8 Å². The first kappa shape index (κ1) is 24.9. The van der Waals surface area contributed by atoms with Crippen LogP contribution in [-0.4, -0.2) is 57.8 Å². The smallest absolute Gasteiger partial charge is 0.338 e. The number of ether oxygens (including phenoxy) is 4. The number of methoxy groups -OCH3 is 1. The lowest BCUT2D eigenvalue weighted by molar-refractivity contribution is -0.128. The lowest BCUT2D eigenvalue weighted by Crippen LogP contribution is -2.51. The van der Waals surface area contributed by atoms with Crippen LogP contribution >= 0.6 is 0 Å². The monoisotopic (exact) mass is 470 g/mol. The van der Waals surface area contributed by atoms with E-state index >= 15 is 0 Å². The molecule has 1 aliphatic rings. The fourth-order valence-electron chi connectivity index (χ4n) is 3.38. The summed E-state index contributed by atoms with van der Waals surface area (Å²) >= 11 is 0. The summed E-state index contributed by atoms with van der Waals surface area (Å²) in [5, 5.41) is 2.52. The van der Waals surface area contributed by atoms with Gasteiger partial charge in [-0.05, 0) is 42.7 Å². The van der Waals surface area contributed by atoms with Gasteiger partial charge >= 0.3 is 5.97 Å². The largest absolute Gasteiger partial charge is 0.493 e. The molecular weight excluding hydrogens is 440 g/mol. The molecule has 0 fully saturated rings. The summed E-state index contributed by atoms with van der Waals surface area (Å²) < 4.78 is 22.0. The number of hydrogen-bond donors (Lipinski definition) is 1. The van der Waals surface area contributed by atoms with Crippen molar-refractivity contribution in [1.29, 1.82) is 0 Å². The Morgan fingerprint density at radius 2 is 1.91 bits per heavy atom. The lowest BCUT2D eigenvalue weighted by atomic mass is 10.1. The summed E-state index contributed by atoms with van der Waals surface area (Å²) in [6, 6.07) is 11.6. The maximum absolute atomic E-state index is 12.9. The molecule has 0 saturated carbocycles. The maximum Gasteiger partial charge on any atom is 0.338 e. The van der Waals surface area contributed by atoms with Crippen molar-refractivity contribution in [1.82, 2.24) is 5.32 Å². The fourth-order valence-corrected chi connectivity index (χ4v) is 3.38. The third-order valence-electron chi connectivity index (χ3n) is 5.29. The van der Waals surface area contributed by atoms with Crippen LogP contribution in [0.4, 0.5) is 5.69 Å². The Hall–Kier alpha value is -3.75. The molecule has 9 nitrogen and oxygen atoms in total. The van der Waals surface area contributed by atoms with Crippen molar-refractivity contribution in [2.24, 2.45) is 5.92 Å². The van der Waals surface area contributed by atoms with Crippen LogP contribution < -0.4 is 24.4 Å². The Kier molecular flexibility index (Phi) is 8.34. The van der Waals surface area contributed by atoms with Gasteiger partial charge < -0.3 is 29.2 Å². The summed E-state index contributed by atoms with van der Waals surface area (Å²) in [6.07, 6.45) is 0.0209. The summed E-state index contributed by atoms with van der Waals surface area (Å²) in [5.74, 6) is 0.333. The first-order valence-corrected chi connectivity index (χ1v) is 11.1. The second kappa shape index (κ2) is 11.4. The second-order valence-corrected chi connectivity index (χ2v) is 8.17. The zero-order chi connectivity index (χ0) is 24.7. The van der Waals surface area contributed by atoms with Gasteiger partial charge in [0.15, 0.2) is 24.2 Å². The van der Waals surface area contributed by atoms with Gasteiger partial charge in [0, 0.05) is 7.05 Å². The molecule has 0 aliphatic carbocycles. The molecule has 2 aromatic rings. The molecule has 1 aliphatic heterocycles. The van der Waals surface area contributed by atoms with Crippen molar-refractivity contribution < 1.29 is 33.3 Å². The molecule has 0 bridgehead atoms. The number of likely N-dealkylation sites (N-methyl/N-ethyl adjacent to an activating group) is 1. The van der Waals surface area contributed by atoms with Crippen molar-refractivity contribution >= 4 is 23.5 Å². The van der Waals surface area contributed by atoms with Crippen LogP contribution in [0.3, 0.4) is 0 Å². The minimum Gasteiger partial charge on any atom is -0.493 e. The minimum atomic E-state index is -0.868. The standard InChI is InChI=1S/C25H30N2O7/c1-16(2)11-12-32-20-10-9-17(13-21(20)31-4)25(30)33-15-23(28)27-14-22(24(29)26-3)34-19-8-6-5-7-18(19)27/h5-10,13,16,22H,11-12,14-15H2,1-4H3,(H,26,29). The number of esters is 1. The van der Waals surface area contributed by atoms with E-state index in [1.165, 1.54) is 25.1 Å². The molecule has 0 saturated heterocycles. The van der Waals surface area contributed by atoms with E-state index < -0.39 is 24.6 Å². The Bertz CT molecular complexity index is 1040. The number of benzene rings is 2. The van der Waals surface area contributed by atoms with Crippen LogP contribution in [-0.2, 0) is 14.3 Å². The highest BCUT2D eigenvalue weighted by atomic mass is 16.5. The van der Waals surface area contributed by atoms with Crippen LogP contribution in [0.25, 0.3) is 0 Å². The first-order valence-electron chi connectivity index (χ1n) is 11.1. The van der Waals surface area contributed by atoms with Gasteiger partial charge in [-0.25, -0.2) is 4.79 Å². The van der Waals surface area contributed by atoms with Crippen molar-refractivity contribution in [2.45, 2.75) is 26.4 Å². The third-order valence-corrected chi connectivity index (χ3v) is 5.29. The number of anilines is 1. The van der Waals surface area contributed by atoms with Crippen LogP contribution in [0.2, 0.25) is 0 Å². The summed E-state index contributed by atoms with van der Waals surface area (Å²) in [4.78, 5) is 39.0. The summed E-state index contributed by atoms with van der Waals surface area (Å²) in [5.41, 5.74) is 0.736. The molecule has 0 spiro atoms. The molecule has 1 unspecified atom stereocenters. The fraction of sp³-hybridized carbons (Fsp3) is 0.400. The number of hydrogen-bond acceptors (Lipinski definition) is 7. The lowest BCUT2D eigenvalue weighted by Gasteiger charge is -2.33. The number of nitrogens with one attached hydrogen (secondary N) is 1. The third kappa shape index (κ3) is 5.98. The van der Waals surface area contributed by atoms with Gasteiger partial charge in [0.25, 0.3) is 11.8 Å². The molecule has 2 aromatic carbocycles. The van der Waals surface area contributed by atoms with E-state index in [0.717, 1.165) is 6.42 Å². The number of carbonyl (C=O) groups excluding carboxylic acids is 3. The molecule has 0 radical (unpaired) electrons. The molecule has 3 rings (SSSR count). The average Bonchev–Trinajstić information content (AvgIpc) is 2.85. The van der Waals surface area contributed by atoms with Crippen molar-refractivity contribution in [3.63, 3.8) is 0 Å². The highest BCUT2D eigenvalue weighted by Gasteiger charge is 2.33. The molecule has 182 valence electrons. The van der Waals surface area contributed by atoms with Gasteiger partial charge in [-0.15, -0.1) is 0 Å². The van der Waals surface area contributed by atoms with E-state index in [2.05, 4.69) is 19.2 Å². The van der Waals surface area contributed by atoms with E-state index in [1.807, 2.05) is 0 Å². The van der Waals surface area contributed by atoms with Crippen LogP contribution in [0.5, 0.6) is 17.2 Å². The van der Waals surface area contributed by atoms with Gasteiger partial charge in [-0.3, -0.25) is 9.59 Å². The molecule has 1 heterocycles. The normalized spacial score (nSPS) is 14.6. The topological polar surface area (TPSA) is 103 Å². The number of fused-ring (bicyclic) bond motifs is 1. The maximum atomic E-state index is 12.9. The predicted octanol–water partition coefficient (Wildman–Crippen LogP) is 2.82. The highest BCUT2D eigenvalue weighted by molar-refractivity contribution is 5.99. The summed E-state index contributed by atoms with van der Waals surface area (Å²) in [6.45, 7) is 4.25. The van der Waals surface area contributed by atoms with E-state index in [1.54, 1.807) is 36.4 Å². The zero-order valence-corrected chi connectivity index (χ0v) is 19.8. The Morgan fingerprint density at radius 1 is 1.15 bits per heavy atom. The Morgan fingerprint density at radius 3 is 2.62 bits per heavy atom. The molecular formula is C25H30N2O7. The van der Waals surface area contributed by atoms with Gasteiger partial charge in [0.05, 0.1) is 31.5 Å². The van der Waals surface area contributed by atoms with Crippen LogP contribution in [0.1, 0.15) is 30.6 Å². The van der Waals surface area contributed by atoms with Gasteiger partial charge in [-0.2, -0.15) is 0 Å². The number of carbonyl (C=O) groups is 3.